The molecule has 1 aromatic carbocycles. The second kappa shape index (κ2) is 5.69. The number of nitrogens with one attached hydrogen (secondary N) is 2. The highest BCUT2D eigenvalue weighted by Gasteiger charge is 2.25. The number of H-pyrrole nitrogens is 1. The van der Waals surface area contributed by atoms with Gasteiger partial charge in [0.15, 0.2) is 4.90 Å². The molecule has 0 radical (unpaired) electrons. The van der Waals surface area contributed by atoms with E-state index in [9.17, 15) is 18.5 Å². The fourth-order valence-corrected chi connectivity index (χ4v) is 3.20. The predicted octanol–water partition coefficient (Wildman–Crippen LogP) is 1.56. The first-order chi connectivity index (χ1) is 9.40. The maximum atomic E-state index is 12.1. The molecule has 0 amide bonds. The summed E-state index contributed by atoms with van der Waals surface area (Å²) in [6.07, 6.45) is 2.86. The Morgan fingerprint density at radius 1 is 1.45 bits per heavy atom. The van der Waals surface area contributed by atoms with Crippen LogP contribution in [0.25, 0.3) is 0 Å². The van der Waals surface area contributed by atoms with Gasteiger partial charge in [0.2, 0.25) is 10.0 Å². The first kappa shape index (κ1) is 14.6. The SMILES string of the molecule is O=[N+]([O-])c1ccc(Br)cc1S(=O)(=O)NCc1cnc[nH]1. The van der Waals surface area contributed by atoms with Gasteiger partial charge in [-0.2, -0.15) is 0 Å². The van der Waals surface area contributed by atoms with E-state index >= 15 is 0 Å². The van der Waals surface area contributed by atoms with E-state index in [-0.39, 0.29) is 6.54 Å². The van der Waals surface area contributed by atoms with Gasteiger partial charge in [0.05, 0.1) is 17.8 Å². The minimum absolute atomic E-state index is 0.0357. The summed E-state index contributed by atoms with van der Waals surface area (Å²) in [7, 11) is -4.00. The lowest BCUT2D eigenvalue weighted by Crippen LogP contribution is -2.24. The molecule has 0 bridgehead atoms. The molecule has 0 spiro atoms. The van der Waals surface area contributed by atoms with E-state index < -0.39 is 25.5 Å². The van der Waals surface area contributed by atoms with Crippen LogP contribution in [-0.4, -0.2) is 23.3 Å². The Hall–Kier alpha value is -1.78. The molecule has 2 N–H and O–H groups in total. The van der Waals surface area contributed by atoms with Crippen LogP contribution in [0.2, 0.25) is 0 Å². The van der Waals surface area contributed by atoms with Gasteiger partial charge in [0.25, 0.3) is 5.69 Å². The largest absolute Gasteiger partial charge is 0.347 e. The Balaban J connectivity index is 2.33. The second-order valence-corrected chi connectivity index (χ2v) is 6.42. The molecule has 20 heavy (non-hydrogen) atoms. The van der Waals surface area contributed by atoms with E-state index in [2.05, 4.69) is 30.6 Å². The minimum atomic E-state index is -4.00. The molecule has 0 fully saturated rings. The third-order valence-electron chi connectivity index (χ3n) is 2.42. The maximum Gasteiger partial charge on any atom is 0.289 e. The molecule has 0 atom stereocenters. The van der Waals surface area contributed by atoms with E-state index in [1.165, 1.54) is 24.7 Å². The predicted molar refractivity (Wildman–Crippen MR) is 73.4 cm³/mol. The fraction of sp³-hybridized carbons (Fsp3) is 0.100. The van der Waals surface area contributed by atoms with E-state index in [4.69, 9.17) is 0 Å². The van der Waals surface area contributed by atoms with Crippen LogP contribution < -0.4 is 4.72 Å². The van der Waals surface area contributed by atoms with Gasteiger partial charge in [0, 0.05) is 22.4 Å². The number of benzene rings is 1. The lowest BCUT2D eigenvalue weighted by molar-refractivity contribution is -0.387. The van der Waals surface area contributed by atoms with Crippen LogP contribution in [0, 0.1) is 10.1 Å². The van der Waals surface area contributed by atoms with Gasteiger partial charge in [-0.05, 0) is 12.1 Å². The van der Waals surface area contributed by atoms with Crippen LogP contribution >= 0.6 is 15.9 Å². The minimum Gasteiger partial charge on any atom is -0.347 e. The summed E-state index contributed by atoms with van der Waals surface area (Å²) in [5.41, 5.74) is 0.0662. The number of aromatic nitrogens is 2. The Bertz CT molecular complexity index is 730. The molecule has 0 saturated carbocycles. The van der Waals surface area contributed by atoms with Crippen LogP contribution in [-0.2, 0) is 16.6 Å². The summed E-state index contributed by atoms with van der Waals surface area (Å²) >= 11 is 3.10. The number of nitrogens with zero attached hydrogens (tertiary/aromatic N) is 2. The zero-order valence-electron chi connectivity index (χ0n) is 9.91. The molecule has 1 aromatic heterocycles. The van der Waals surface area contributed by atoms with Crippen molar-refractivity contribution in [2.75, 3.05) is 0 Å². The topological polar surface area (TPSA) is 118 Å². The average Bonchev–Trinajstić information content (AvgIpc) is 2.89. The van der Waals surface area contributed by atoms with Gasteiger partial charge >= 0.3 is 0 Å². The molecule has 0 aliphatic rings. The summed E-state index contributed by atoms with van der Waals surface area (Å²) in [6.45, 7) is -0.0357. The van der Waals surface area contributed by atoms with Crippen molar-refractivity contribution in [2.45, 2.75) is 11.4 Å². The summed E-state index contributed by atoms with van der Waals surface area (Å²) in [5, 5.41) is 10.9. The summed E-state index contributed by atoms with van der Waals surface area (Å²) in [6, 6.07) is 3.73. The highest BCUT2D eigenvalue weighted by atomic mass is 79.9. The van der Waals surface area contributed by atoms with E-state index in [1.807, 2.05) is 0 Å². The Morgan fingerprint density at radius 2 is 2.20 bits per heavy atom. The van der Waals surface area contributed by atoms with E-state index in [0.29, 0.717) is 10.2 Å². The van der Waals surface area contributed by atoms with Crippen molar-refractivity contribution in [3.05, 3.63) is 51.0 Å². The van der Waals surface area contributed by atoms with Crippen LogP contribution in [0.5, 0.6) is 0 Å². The number of aromatic amines is 1. The second-order valence-electron chi connectivity index (χ2n) is 3.77. The molecule has 0 unspecified atom stereocenters. The fourth-order valence-electron chi connectivity index (χ4n) is 1.49. The monoisotopic (exact) mass is 360 g/mol. The molecule has 2 rings (SSSR count). The standard InChI is InChI=1S/C10H9BrN4O4S/c11-7-1-2-9(15(16)17)10(3-7)20(18,19)14-5-8-4-12-6-13-8/h1-4,6,14H,5H2,(H,12,13). The Labute approximate surface area is 122 Å². The number of nitro groups is 1. The molecular weight excluding hydrogens is 352 g/mol. The number of halogens is 1. The molecule has 0 aliphatic heterocycles. The summed E-state index contributed by atoms with van der Waals surface area (Å²) in [4.78, 5) is 16.2. The molecule has 2 aromatic rings. The Kier molecular flexibility index (Phi) is 4.16. The average molecular weight is 361 g/mol. The Morgan fingerprint density at radius 3 is 2.80 bits per heavy atom. The number of hydrogen-bond donors (Lipinski definition) is 2. The van der Waals surface area contributed by atoms with Crippen LogP contribution in [0.4, 0.5) is 5.69 Å². The van der Waals surface area contributed by atoms with Gasteiger partial charge in [-0.15, -0.1) is 0 Å². The van der Waals surface area contributed by atoms with Crippen molar-refractivity contribution in [1.82, 2.24) is 14.7 Å². The first-order valence-electron chi connectivity index (χ1n) is 5.31. The van der Waals surface area contributed by atoms with Crippen molar-refractivity contribution in [1.29, 1.82) is 0 Å². The van der Waals surface area contributed by atoms with Crippen LogP contribution in [0.1, 0.15) is 5.69 Å². The summed E-state index contributed by atoms with van der Waals surface area (Å²) in [5.74, 6) is 0. The third kappa shape index (κ3) is 3.21. The van der Waals surface area contributed by atoms with Gasteiger partial charge in [-0.25, -0.2) is 18.1 Å². The third-order valence-corrected chi connectivity index (χ3v) is 4.34. The van der Waals surface area contributed by atoms with Crippen molar-refractivity contribution in [3.8, 4) is 0 Å². The molecule has 10 heteroatoms. The molecule has 0 aliphatic carbocycles. The van der Waals surface area contributed by atoms with Gasteiger partial charge in [-0.1, -0.05) is 15.9 Å². The van der Waals surface area contributed by atoms with Crippen molar-refractivity contribution in [3.63, 3.8) is 0 Å². The highest BCUT2D eigenvalue weighted by molar-refractivity contribution is 9.10. The van der Waals surface area contributed by atoms with Crippen molar-refractivity contribution in [2.24, 2.45) is 0 Å². The lowest BCUT2D eigenvalue weighted by Gasteiger charge is -2.06. The molecule has 0 saturated heterocycles. The molecule has 106 valence electrons. The van der Waals surface area contributed by atoms with Gasteiger partial charge in [-0.3, -0.25) is 10.1 Å². The number of nitro benzene ring substituents is 1. The van der Waals surface area contributed by atoms with Gasteiger partial charge in [0.1, 0.15) is 0 Å². The molecular formula is C10H9BrN4O4S. The molecule has 8 nitrogen and oxygen atoms in total. The summed E-state index contributed by atoms with van der Waals surface area (Å²) < 4.78 is 27.0. The number of sulfonamides is 1. The van der Waals surface area contributed by atoms with E-state index in [1.54, 1.807) is 0 Å². The zero-order chi connectivity index (χ0) is 14.8. The molecule has 1 heterocycles. The number of imidazole rings is 1. The van der Waals surface area contributed by atoms with Crippen molar-refractivity contribution >= 4 is 31.6 Å². The smallest absolute Gasteiger partial charge is 0.289 e. The van der Waals surface area contributed by atoms with Crippen molar-refractivity contribution < 1.29 is 13.3 Å². The zero-order valence-corrected chi connectivity index (χ0v) is 12.3. The quantitative estimate of drug-likeness (QED) is 0.619. The van der Waals surface area contributed by atoms with Gasteiger partial charge < -0.3 is 4.98 Å². The lowest BCUT2D eigenvalue weighted by atomic mass is 10.3. The first-order valence-corrected chi connectivity index (χ1v) is 7.58. The highest BCUT2D eigenvalue weighted by Crippen LogP contribution is 2.27. The maximum absolute atomic E-state index is 12.1. The number of hydrogen-bond acceptors (Lipinski definition) is 5. The van der Waals surface area contributed by atoms with Crippen LogP contribution in [0.15, 0.2) is 40.1 Å². The normalized spacial score (nSPS) is 11.4. The number of rotatable bonds is 5. The van der Waals surface area contributed by atoms with E-state index in [0.717, 1.165) is 6.07 Å². The van der Waals surface area contributed by atoms with Crippen LogP contribution in [0.3, 0.4) is 0 Å².